The van der Waals surface area contributed by atoms with Gasteiger partial charge in [0.25, 0.3) is 0 Å². The zero-order valence-electron chi connectivity index (χ0n) is 16.5. The summed E-state index contributed by atoms with van der Waals surface area (Å²) in [6.07, 6.45) is 1.94. The van der Waals surface area contributed by atoms with E-state index in [2.05, 4.69) is 37.0 Å². The Morgan fingerprint density at radius 1 is 0.767 bits per heavy atom. The molecule has 0 bridgehead atoms. The molecular weight excluding hydrogens is 381 g/mol. The molecule has 0 saturated carbocycles. The van der Waals surface area contributed by atoms with E-state index < -0.39 is 17.5 Å². The van der Waals surface area contributed by atoms with Gasteiger partial charge in [0.1, 0.15) is 0 Å². The van der Waals surface area contributed by atoms with E-state index in [4.69, 9.17) is 0 Å². The van der Waals surface area contributed by atoms with Gasteiger partial charge >= 0.3 is 0 Å². The van der Waals surface area contributed by atoms with Gasteiger partial charge in [0.15, 0.2) is 17.5 Å². The van der Waals surface area contributed by atoms with E-state index >= 15 is 0 Å². The lowest BCUT2D eigenvalue weighted by molar-refractivity contribution is 0.446. The highest BCUT2D eigenvalue weighted by Crippen LogP contribution is 2.34. The topological polar surface area (TPSA) is 0 Å². The van der Waals surface area contributed by atoms with Crippen molar-refractivity contribution in [1.82, 2.24) is 0 Å². The number of benzene rings is 4. The van der Waals surface area contributed by atoms with Crippen LogP contribution in [0.2, 0.25) is 0 Å². The maximum absolute atomic E-state index is 13.6. The second-order valence-electron chi connectivity index (χ2n) is 7.12. The summed E-state index contributed by atoms with van der Waals surface area (Å²) in [5.74, 6) is 1.88. The largest absolute Gasteiger partial charge is 0.204 e. The molecule has 3 heteroatoms. The Hall–Kier alpha value is -3.51. The highest BCUT2D eigenvalue weighted by Gasteiger charge is 2.13. The van der Waals surface area contributed by atoms with Crippen molar-refractivity contribution in [2.24, 2.45) is 0 Å². The number of aryl methyl sites for hydroxylation is 1. The third-order valence-electron chi connectivity index (χ3n) is 5.06. The Kier molecular flexibility index (Phi) is 5.59. The molecule has 0 N–H and O–H groups in total. The second kappa shape index (κ2) is 8.47. The molecule has 0 aliphatic carbocycles. The normalized spacial score (nSPS) is 10.7. The molecule has 0 radical (unpaired) electrons. The van der Waals surface area contributed by atoms with Crippen molar-refractivity contribution in [1.29, 1.82) is 0 Å². The lowest BCUT2D eigenvalue weighted by Crippen LogP contribution is -1.94. The van der Waals surface area contributed by atoms with Gasteiger partial charge < -0.3 is 0 Å². The van der Waals surface area contributed by atoms with E-state index in [1.165, 1.54) is 5.56 Å². The van der Waals surface area contributed by atoms with Crippen molar-refractivity contribution in [3.63, 3.8) is 0 Å². The molecule has 0 fully saturated rings. The highest BCUT2D eigenvalue weighted by atomic mass is 19.2. The first-order valence-corrected chi connectivity index (χ1v) is 9.85. The van der Waals surface area contributed by atoms with Gasteiger partial charge in [-0.15, -0.1) is 0 Å². The quantitative estimate of drug-likeness (QED) is 0.250. The molecule has 0 unspecified atom stereocenters. The first kappa shape index (κ1) is 19.8. The fourth-order valence-electron chi connectivity index (χ4n) is 3.68. The molecule has 0 aliphatic heterocycles. The first-order chi connectivity index (χ1) is 14.6. The van der Waals surface area contributed by atoms with E-state index in [1.807, 2.05) is 42.5 Å². The molecule has 4 aromatic carbocycles. The van der Waals surface area contributed by atoms with Crippen LogP contribution in [0.1, 0.15) is 30.0 Å². The molecule has 0 amide bonds. The minimum Gasteiger partial charge on any atom is -0.204 e. The van der Waals surface area contributed by atoms with Gasteiger partial charge in [-0.05, 0) is 46.5 Å². The van der Waals surface area contributed by atoms with Gasteiger partial charge in [-0.25, -0.2) is 13.2 Å². The van der Waals surface area contributed by atoms with Crippen LogP contribution in [-0.2, 0) is 6.42 Å². The van der Waals surface area contributed by atoms with Crippen LogP contribution in [-0.4, -0.2) is 0 Å². The predicted molar refractivity (Wildman–Crippen MR) is 116 cm³/mol. The Morgan fingerprint density at radius 3 is 2.23 bits per heavy atom. The molecule has 0 saturated heterocycles. The van der Waals surface area contributed by atoms with Crippen molar-refractivity contribution >= 4 is 10.8 Å². The van der Waals surface area contributed by atoms with Gasteiger partial charge in [0.05, 0.1) is 0 Å². The molecule has 0 aliphatic rings. The number of hydrogen-bond acceptors (Lipinski definition) is 0. The fourth-order valence-corrected chi connectivity index (χ4v) is 3.68. The maximum Gasteiger partial charge on any atom is 0.194 e. The van der Waals surface area contributed by atoms with E-state index in [1.54, 1.807) is 0 Å². The molecule has 0 heterocycles. The molecule has 4 aromatic rings. The number of hydrogen-bond donors (Lipinski definition) is 0. The maximum atomic E-state index is 13.6. The Morgan fingerprint density at radius 2 is 1.47 bits per heavy atom. The lowest BCUT2D eigenvalue weighted by atomic mass is 9.89. The molecule has 0 nitrogen and oxygen atoms in total. The second-order valence-corrected chi connectivity index (χ2v) is 7.12. The van der Waals surface area contributed by atoms with E-state index in [-0.39, 0.29) is 5.56 Å². The average Bonchev–Trinajstić information content (AvgIpc) is 2.76. The van der Waals surface area contributed by atoms with Gasteiger partial charge in [-0.3, -0.25) is 0 Å². The van der Waals surface area contributed by atoms with Crippen LogP contribution in [0.15, 0.2) is 72.8 Å². The minimum absolute atomic E-state index is 0.0901. The summed E-state index contributed by atoms with van der Waals surface area (Å²) in [6.45, 7) is 2.14. The van der Waals surface area contributed by atoms with Crippen molar-refractivity contribution < 1.29 is 13.2 Å². The zero-order chi connectivity index (χ0) is 21.1. The molecular formula is C27H19F3. The number of fused-ring (bicyclic) bond motifs is 1. The van der Waals surface area contributed by atoms with Gasteiger partial charge in [0, 0.05) is 16.7 Å². The van der Waals surface area contributed by atoms with Crippen molar-refractivity contribution in [3.8, 4) is 23.0 Å². The third kappa shape index (κ3) is 3.82. The Labute approximate surface area is 174 Å². The first-order valence-electron chi connectivity index (χ1n) is 9.85. The minimum atomic E-state index is -1.49. The molecule has 4 rings (SSSR count). The molecule has 148 valence electrons. The van der Waals surface area contributed by atoms with Crippen LogP contribution in [0.4, 0.5) is 13.2 Å². The van der Waals surface area contributed by atoms with E-state index in [0.29, 0.717) is 0 Å². The van der Waals surface area contributed by atoms with Gasteiger partial charge in [-0.2, -0.15) is 0 Å². The zero-order valence-corrected chi connectivity index (χ0v) is 16.5. The van der Waals surface area contributed by atoms with Crippen molar-refractivity contribution in [3.05, 3.63) is 107 Å². The van der Waals surface area contributed by atoms with Crippen LogP contribution in [0.3, 0.4) is 0 Å². The molecule has 30 heavy (non-hydrogen) atoms. The van der Waals surface area contributed by atoms with Crippen molar-refractivity contribution in [2.45, 2.75) is 19.8 Å². The summed E-state index contributed by atoms with van der Waals surface area (Å²) in [5.41, 5.74) is 4.15. The van der Waals surface area contributed by atoms with E-state index in [0.717, 1.165) is 52.4 Å². The van der Waals surface area contributed by atoms with Crippen molar-refractivity contribution in [2.75, 3.05) is 0 Å². The summed E-state index contributed by atoms with van der Waals surface area (Å²) in [5, 5.41) is 2.15. The SMILES string of the molecule is CCCc1ccccc1-c1c(C#Cc2cc(F)c(F)c(F)c2)ccc2ccccc12. The smallest absolute Gasteiger partial charge is 0.194 e. The Bertz CT molecular complexity index is 1270. The number of rotatable bonds is 3. The summed E-state index contributed by atoms with van der Waals surface area (Å²) in [6, 6.07) is 22.0. The van der Waals surface area contributed by atoms with Gasteiger partial charge in [0.2, 0.25) is 0 Å². The van der Waals surface area contributed by atoms with Crippen LogP contribution in [0, 0.1) is 29.3 Å². The number of halogens is 3. The summed E-state index contributed by atoms with van der Waals surface area (Å²) >= 11 is 0. The monoisotopic (exact) mass is 400 g/mol. The Balaban J connectivity index is 1.94. The third-order valence-corrected chi connectivity index (χ3v) is 5.06. The fraction of sp³-hybridized carbons (Fsp3) is 0.111. The van der Waals surface area contributed by atoms with Gasteiger partial charge in [-0.1, -0.05) is 79.8 Å². The van der Waals surface area contributed by atoms with Crippen LogP contribution < -0.4 is 0 Å². The summed E-state index contributed by atoms with van der Waals surface area (Å²) in [7, 11) is 0. The molecule has 0 aromatic heterocycles. The predicted octanol–water partition coefficient (Wildman–Crippen LogP) is 7.28. The highest BCUT2D eigenvalue weighted by molar-refractivity contribution is 6.00. The van der Waals surface area contributed by atoms with Crippen LogP contribution in [0.25, 0.3) is 21.9 Å². The average molecular weight is 400 g/mol. The molecule has 0 spiro atoms. The summed E-state index contributed by atoms with van der Waals surface area (Å²) < 4.78 is 40.4. The van der Waals surface area contributed by atoms with Crippen LogP contribution in [0.5, 0.6) is 0 Å². The summed E-state index contributed by atoms with van der Waals surface area (Å²) in [4.78, 5) is 0. The molecule has 0 atom stereocenters. The van der Waals surface area contributed by atoms with Crippen LogP contribution >= 0.6 is 0 Å². The standard InChI is InChI=1S/C27H19F3/c1-2-7-19-8-3-5-10-22(19)26-21(15-14-20-9-4-6-11-23(20)26)13-12-18-16-24(28)27(30)25(29)17-18/h3-6,8-11,14-17H,2,7H2,1H3. The van der Waals surface area contributed by atoms with E-state index in [9.17, 15) is 13.2 Å². The lowest BCUT2D eigenvalue weighted by Gasteiger charge is -2.14.